The molecule has 2 heterocycles. The van der Waals surface area contributed by atoms with Crippen LogP contribution in [-0.2, 0) is 22.1 Å². The summed E-state index contributed by atoms with van der Waals surface area (Å²) in [6.07, 6.45) is -2.50. The summed E-state index contributed by atoms with van der Waals surface area (Å²) in [6, 6.07) is 4.31. The van der Waals surface area contributed by atoms with E-state index in [2.05, 4.69) is 23.6 Å². The number of hydrogen-bond donors (Lipinski definition) is 0. The van der Waals surface area contributed by atoms with Gasteiger partial charge in [0, 0.05) is 57.8 Å². The van der Waals surface area contributed by atoms with Gasteiger partial charge in [0.05, 0.1) is 17.7 Å². The van der Waals surface area contributed by atoms with Crippen molar-refractivity contribution < 1.29 is 27.4 Å². The number of piperidine rings is 1. The van der Waals surface area contributed by atoms with Crippen LogP contribution in [0.25, 0.3) is 0 Å². The van der Waals surface area contributed by atoms with Gasteiger partial charge in [0.2, 0.25) is 0 Å². The van der Waals surface area contributed by atoms with Gasteiger partial charge in [0.15, 0.2) is 0 Å². The minimum atomic E-state index is -4.34. The first-order chi connectivity index (χ1) is 16.7. The van der Waals surface area contributed by atoms with E-state index in [0.717, 1.165) is 43.6 Å². The number of alkyl halides is 3. The quantitative estimate of drug-likeness (QED) is 0.564. The molecule has 1 aromatic carbocycles. The fourth-order valence-electron chi connectivity index (χ4n) is 6.07. The first kappa shape index (κ1) is 27.2. The van der Waals surface area contributed by atoms with E-state index in [1.165, 1.54) is 12.1 Å². The monoisotopic (exact) mass is 511 g/mol. The topological polar surface area (TPSA) is 45.2 Å². The van der Waals surface area contributed by atoms with E-state index < -0.39 is 17.3 Å². The molecule has 3 atom stereocenters. The molecule has 1 aromatic rings. The fraction of sp³-hybridized carbons (Fsp3) is 0.741. The molecular weight excluding hydrogens is 471 g/mol. The Bertz CT molecular complexity index is 954. The molecule has 4 rings (SSSR count). The number of halogens is 3. The molecule has 1 aliphatic carbocycles. The Morgan fingerprint density at radius 3 is 2.31 bits per heavy atom. The van der Waals surface area contributed by atoms with Crippen molar-refractivity contribution >= 4 is 6.09 Å². The number of methoxy groups -OCH3 is 1. The van der Waals surface area contributed by atoms with E-state index in [1.54, 1.807) is 18.1 Å². The number of carbonyl (C=O) groups excluding carboxylic acids is 1. The highest BCUT2D eigenvalue weighted by molar-refractivity contribution is 5.68. The summed E-state index contributed by atoms with van der Waals surface area (Å²) in [7, 11) is 1.65. The molecule has 2 saturated heterocycles. The smallest absolute Gasteiger partial charge is 0.416 e. The van der Waals surface area contributed by atoms with Gasteiger partial charge in [-0.25, -0.2) is 4.79 Å². The number of carbonyl (C=O) groups is 1. The van der Waals surface area contributed by atoms with Crippen molar-refractivity contribution in [3.8, 4) is 0 Å². The molecule has 2 fully saturated rings. The molecule has 9 heteroatoms. The maximum absolute atomic E-state index is 13.3. The summed E-state index contributed by atoms with van der Waals surface area (Å²) in [4.78, 5) is 19.2. The normalized spacial score (nSPS) is 27.7. The molecule has 0 saturated carbocycles. The van der Waals surface area contributed by atoms with E-state index >= 15 is 0 Å². The molecule has 0 spiro atoms. The highest BCUT2D eigenvalue weighted by Crippen LogP contribution is 2.43. The fourth-order valence-corrected chi connectivity index (χ4v) is 6.07. The van der Waals surface area contributed by atoms with E-state index in [9.17, 15) is 18.0 Å². The first-order valence-corrected chi connectivity index (χ1v) is 12.9. The number of nitrogens with zero attached hydrogens (tertiary/aromatic N) is 3. The summed E-state index contributed by atoms with van der Waals surface area (Å²) in [6.45, 7) is 14.0. The summed E-state index contributed by atoms with van der Waals surface area (Å²) in [5.74, 6) is 0. The predicted molar refractivity (Wildman–Crippen MR) is 132 cm³/mol. The lowest BCUT2D eigenvalue weighted by molar-refractivity contribution is -0.137. The average Bonchev–Trinajstić information content (AvgIpc) is 3.15. The number of amides is 1. The van der Waals surface area contributed by atoms with Crippen molar-refractivity contribution in [1.82, 2.24) is 14.7 Å². The van der Waals surface area contributed by atoms with Gasteiger partial charge in [0.1, 0.15) is 5.60 Å². The van der Waals surface area contributed by atoms with Gasteiger partial charge < -0.3 is 14.4 Å². The van der Waals surface area contributed by atoms with E-state index in [1.807, 2.05) is 20.8 Å². The predicted octanol–water partition coefficient (Wildman–Crippen LogP) is 5.11. The second-order valence-electron chi connectivity index (χ2n) is 11.8. The second kappa shape index (κ2) is 9.80. The highest BCUT2D eigenvalue weighted by Gasteiger charge is 2.45. The molecule has 0 N–H and O–H groups in total. The van der Waals surface area contributed by atoms with Crippen molar-refractivity contribution in [1.29, 1.82) is 0 Å². The van der Waals surface area contributed by atoms with Crippen LogP contribution in [-0.4, -0.2) is 83.9 Å². The van der Waals surface area contributed by atoms with Crippen molar-refractivity contribution in [2.45, 2.75) is 89.4 Å². The largest absolute Gasteiger partial charge is 0.444 e. The molecule has 2 unspecified atom stereocenters. The number of hydrogen-bond acceptors (Lipinski definition) is 5. The Hall–Kier alpha value is -1.84. The lowest BCUT2D eigenvalue weighted by atomic mass is 9.86. The van der Waals surface area contributed by atoms with Crippen LogP contribution >= 0.6 is 0 Å². The Morgan fingerprint density at radius 1 is 1.08 bits per heavy atom. The number of likely N-dealkylation sites (tertiary alicyclic amines) is 1. The van der Waals surface area contributed by atoms with Crippen LogP contribution in [0.1, 0.15) is 70.2 Å². The third-order valence-corrected chi connectivity index (χ3v) is 8.16. The van der Waals surface area contributed by atoms with E-state index in [4.69, 9.17) is 9.47 Å². The Balaban J connectivity index is 1.42. The van der Waals surface area contributed by atoms with Crippen molar-refractivity contribution in [2.24, 2.45) is 0 Å². The number of rotatable bonds is 3. The van der Waals surface area contributed by atoms with Crippen LogP contribution in [0, 0.1) is 0 Å². The lowest BCUT2D eigenvalue weighted by Gasteiger charge is -2.53. The van der Waals surface area contributed by atoms with Crippen LogP contribution in [0.4, 0.5) is 18.0 Å². The Morgan fingerprint density at radius 2 is 1.75 bits per heavy atom. The SMILES string of the molecule is COC1Cc2cc(C(F)(F)F)ccc2C1N1CCN(C2(C)CCN(C(=O)OC(C)(C)C)CC2)C[C@@H]1C. The third kappa shape index (κ3) is 5.53. The van der Waals surface area contributed by atoms with Gasteiger partial charge in [-0.1, -0.05) is 6.07 Å². The Kier molecular flexibility index (Phi) is 7.40. The highest BCUT2D eigenvalue weighted by atomic mass is 19.4. The summed E-state index contributed by atoms with van der Waals surface area (Å²) in [5.41, 5.74) is 0.580. The molecule has 3 aliphatic rings. The molecule has 6 nitrogen and oxygen atoms in total. The first-order valence-electron chi connectivity index (χ1n) is 12.9. The zero-order chi connectivity index (χ0) is 26.5. The molecule has 36 heavy (non-hydrogen) atoms. The molecule has 2 aliphatic heterocycles. The molecular formula is C27H40F3N3O3. The molecule has 0 aromatic heterocycles. The second-order valence-corrected chi connectivity index (χ2v) is 11.8. The van der Waals surface area contributed by atoms with Gasteiger partial charge in [-0.3, -0.25) is 9.80 Å². The summed E-state index contributed by atoms with van der Waals surface area (Å²) < 4.78 is 51.1. The van der Waals surface area contributed by atoms with Gasteiger partial charge in [-0.2, -0.15) is 13.2 Å². The zero-order valence-electron chi connectivity index (χ0n) is 22.3. The summed E-state index contributed by atoms with van der Waals surface area (Å²) >= 11 is 0. The number of fused-ring (bicyclic) bond motifs is 1. The lowest BCUT2D eigenvalue weighted by Crippen LogP contribution is -2.63. The number of ether oxygens (including phenoxy) is 2. The Labute approximate surface area is 212 Å². The van der Waals surface area contributed by atoms with Crippen LogP contribution in [0.5, 0.6) is 0 Å². The van der Waals surface area contributed by atoms with E-state index in [-0.39, 0.29) is 29.8 Å². The van der Waals surface area contributed by atoms with Crippen molar-refractivity contribution in [3.05, 3.63) is 34.9 Å². The minimum absolute atomic E-state index is 0.00524. The van der Waals surface area contributed by atoms with Crippen molar-refractivity contribution in [3.63, 3.8) is 0 Å². The summed E-state index contributed by atoms with van der Waals surface area (Å²) in [5, 5.41) is 0. The maximum atomic E-state index is 13.3. The van der Waals surface area contributed by atoms with Crippen LogP contribution in [0.15, 0.2) is 18.2 Å². The van der Waals surface area contributed by atoms with Crippen LogP contribution in [0.2, 0.25) is 0 Å². The number of benzene rings is 1. The van der Waals surface area contributed by atoms with Crippen LogP contribution in [0.3, 0.4) is 0 Å². The average molecular weight is 512 g/mol. The molecule has 0 bridgehead atoms. The zero-order valence-corrected chi connectivity index (χ0v) is 22.3. The van der Waals surface area contributed by atoms with Crippen molar-refractivity contribution in [2.75, 3.05) is 39.8 Å². The minimum Gasteiger partial charge on any atom is -0.444 e. The van der Waals surface area contributed by atoms with Gasteiger partial charge in [-0.05, 0) is 70.7 Å². The standard InChI is InChI=1S/C27H40F3N3O3/c1-18-17-32(26(5)9-11-31(12-10-26)24(34)36-25(2,3)4)13-14-33(18)23-21-8-7-20(27(28,29)30)15-19(21)16-22(23)35-6/h7-8,15,18,22-23H,9-14,16-17H2,1-6H3/t18-,22?,23?/m0/s1. The molecule has 202 valence electrons. The molecule has 0 radical (unpaired) electrons. The van der Waals surface area contributed by atoms with E-state index in [0.29, 0.717) is 19.5 Å². The van der Waals surface area contributed by atoms with Gasteiger partial charge in [-0.15, -0.1) is 0 Å². The number of piperazine rings is 1. The van der Waals surface area contributed by atoms with Gasteiger partial charge >= 0.3 is 12.3 Å². The molecule has 1 amide bonds. The van der Waals surface area contributed by atoms with Gasteiger partial charge in [0.25, 0.3) is 0 Å². The third-order valence-electron chi connectivity index (χ3n) is 8.16. The maximum Gasteiger partial charge on any atom is 0.416 e. The van der Waals surface area contributed by atoms with Crippen LogP contribution < -0.4 is 0 Å².